The number of hydrogen-bond acceptors (Lipinski definition) is 2. The number of rotatable bonds is 4. The van der Waals surface area contributed by atoms with Gasteiger partial charge in [0.05, 0.1) is 10.7 Å². The van der Waals surface area contributed by atoms with Gasteiger partial charge in [-0.3, -0.25) is 0 Å². The number of carboxylic acids is 1. The maximum Gasteiger partial charge on any atom is 0.339 e. The predicted octanol–water partition coefficient (Wildman–Crippen LogP) is 4.30. The van der Waals surface area contributed by atoms with E-state index < -0.39 is 5.97 Å². The molecule has 0 saturated carbocycles. The second-order valence-electron chi connectivity index (χ2n) is 3.95. The molecule has 0 saturated heterocycles. The molecule has 5 heteroatoms. The highest BCUT2D eigenvalue weighted by Gasteiger charge is 2.13. The van der Waals surface area contributed by atoms with Crippen LogP contribution in [0.1, 0.15) is 15.9 Å². The minimum atomic E-state index is -1.05. The Morgan fingerprint density at radius 3 is 2.42 bits per heavy atom. The molecule has 0 amide bonds. The molecule has 0 atom stereocenters. The van der Waals surface area contributed by atoms with Crippen LogP contribution in [-0.4, -0.2) is 11.1 Å². The Labute approximate surface area is 120 Å². The van der Waals surface area contributed by atoms with Gasteiger partial charge in [-0.2, -0.15) is 0 Å². The van der Waals surface area contributed by atoms with Crippen molar-refractivity contribution in [3.05, 3.63) is 63.6 Å². The molecule has 0 bridgehead atoms. The number of hydrogen-bond donors (Lipinski definition) is 2. The molecule has 98 valence electrons. The summed E-state index contributed by atoms with van der Waals surface area (Å²) in [5, 5.41) is 13.1. The van der Waals surface area contributed by atoms with Crippen LogP contribution in [0.3, 0.4) is 0 Å². The number of carbonyl (C=O) groups is 1. The highest BCUT2D eigenvalue weighted by Crippen LogP contribution is 2.24. The molecule has 2 aromatic carbocycles. The maximum atomic E-state index is 11.2. The summed E-state index contributed by atoms with van der Waals surface area (Å²) in [7, 11) is 0. The number of nitrogens with one attached hydrogen (secondary N) is 1. The van der Waals surface area contributed by atoms with Gasteiger partial charge < -0.3 is 10.4 Å². The lowest BCUT2D eigenvalue weighted by Crippen LogP contribution is -2.07. The van der Waals surface area contributed by atoms with Crippen molar-refractivity contribution >= 4 is 34.9 Å². The fraction of sp³-hybridized carbons (Fsp3) is 0.0714. The molecule has 3 nitrogen and oxygen atoms in total. The van der Waals surface area contributed by atoms with E-state index in [0.717, 1.165) is 5.56 Å². The van der Waals surface area contributed by atoms with Crippen LogP contribution >= 0.6 is 23.2 Å². The van der Waals surface area contributed by atoms with Gasteiger partial charge in [0.15, 0.2) is 0 Å². The summed E-state index contributed by atoms with van der Waals surface area (Å²) in [5.74, 6) is -1.05. The van der Waals surface area contributed by atoms with E-state index >= 15 is 0 Å². The number of aromatic carboxylic acids is 1. The van der Waals surface area contributed by atoms with E-state index in [-0.39, 0.29) is 10.6 Å². The van der Waals surface area contributed by atoms with Crippen LogP contribution in [0, 0.1) is 0 Å². The van der Waals surface area contributed by atoms with Crippen LogP contribution in [0.15, 0.2) is 42.5 Å². The van der Waals surface area contributed by atoms with Crippen molar-refractivity contribution in [3.8, 4) is 0 Å². The number of carboxylic acid groups (broad SMARTS) is 1. The molecular weight excluding hydrogens is 285 g/mol. The largest absolute Gasteiger partial charge is 0.478 e. The zero-order valence-corrected chi connectivity index (χ0v) is 11.4. The normalized spacial score (nSPS) is 10.2. The molecule has 19 heavy (non-hydrogen) atoms. The van der Waals surface area contributed by atoms with Crippen LogP contribution in [-0.2, 0) is 6.54 Å². The van der Waals surface area contributed by atoms with E-state index in [1.54, 1.807) is 30.3 Å². The second kappa shape index (κ2) is 5.95. The Morgan fingerprint density at radius 1 is 1.11 bits per heavy atom. The van der Waals surface area contributed by atoms with Gasteiger partial charge in [0.2, 0.25) is 0 Å². The SMILES string of the molecule is O=C(O)c1c(Cl)cccc1NCc1ccc(Cl)cc1. The van der Waals surface area contributed by atoms with E-state index in [0.29, 0.717) is 17.3 Å². The van der Waals surface area contributed by atoms with E-state index in [4.69, 9.17) is 28.3 Å². The summed E-state index contributed by atoms with van der Waals surface area (Å²) < 4.78 is 0. The van der Waals surface area contributed by atoms with Crippen LogP contribution in [0.5, 0.6) is 0 Å². The van der Waals surface area contributed by atoms with Crippen molar-refractivity contribution in [2.45, 2.75) is 6.54 Å². The Bertz CT molecular complexity index is 597. The van der Waals surface area contributed by atoms with E-state index in [1.165, 1.54) is 0 Å². The molecule has 0 unspecified atom stereocenters. The minimum Gasteiger partial charge on any atom is -0.478 e. The van der Waals surface area contributed by atoms with Crippen LogP contribution in [0.4, 0.5) is 5.69 Å². The lowest BCUT2D eigenvalue weighted by molar-refractivity contribution is 0.0698. The van der Waals surface area contributed by atoms with Crippen molar-refractivity contribution in [2.75, 3.05) is 5.32 Å². The van der Waals surface area contributed by atoms with E-state index in [1.807, 2.05) is 12.1 Å². The first-order valence-electron chi connectivity index (χ1n) is 5.58. The molecule has 0 aliphatic rings. The third-order valence-corrected chi connectivity index (χ3v) is 3.19. The van der Waals surface area contributed by atoms with E-state index in [9.17, 15) is 4.79 Å². The van der Waals surface area contributed by atoms with Gasteiger partial charge in [0, 0.05) is 11.6 Å². The highest BCUT2D eigenvalue weighted by atomic mass is 35.5. The highest BCUT2D eigenvalue weighted by molar-refractivity contribution is 6.34. The molecule has 0 radical (unpaired) electrons. The standard InChI is InChI=1S/C14H11Cl2NO2/c15-10-6-4-9(5-7-10)8-17-12-3-1-2-11(16)13(12)14(18)19/h1-7,17H,8H2,(H,18,19). The zero-order chi connectivity index (χ0) is 13.8. The third kappa shape index (κ3) is 3.40. The average Bonchev–Trinajstić information content (AvgIpc) is 2.37. The lowest BCUT2D eigenvalue weighted by Gasteiger charge is -2.10. The molecule has 0 aliphatic carbocycles. The van der Waals surface area contributed by atoms with Crippen LogP contribution in [0.2, 0.25) is 10.0 Å². The van der Waals surface area contributed by atoms with Gasteiger partial charge in [0.1, 0.15) is 5.56 Å². The van der Waals surface area contributed by atoms with Crippen molar-refractivity contribution < 1.29 is 9.90 Å². The van der Waals surface area contributed by atoms with Gasteiger partial charge in [-0.25, -0.2) is 4.79 Å². The van der Waals surface area contributed by atoms with Crippen molar-refractivity contribution in [2.24, 2.45) is 0 Å². The molecule has 0 heterocycles. The third-order valence-electron chi connectivity index (χ3n) is 2.62. The topological polar surface area (TPSA) is 49.3 Å². The summed E-state index contributed by atoms with van der Waals surface area (Å²) in [6, 6.07) is 12.3. The summed E-state index contributed by atoms with van der Waals surface area (Å²) in [6.45, 7) is 0.498. The van der Waals surface area contributed by atoms with Crippen molar-refractivity contribution in [3.63, 3.8) is 0 Å². The van der Waals surface area contributed by atoms with Gasteiger partial charge >= 0.3 is 5.97 Å². The predicted molar refractivity (Wildman–Crippen MR) is 77.2 cm³/mol. The van der Waals surface area contributed by atoms with Gasteiger partial charge in [-0.15, -0.1) is 0 Å². The summed E-state index contributed by atoms with van der Waals surface area (Å²) in [6.07, 6.45) is 0. The smallest absolute Gasteiger partial charge is 0.339 e. The minimum absolute atomic E-state index is 0.0816. The van der Waals surface area contributed by atoms with Gasteiger partial charge in [0.25, 0.3) is 0 Å². The van der Waals surface area contributed by atoms with Crippen LogP contribution < -0.4 is 5.32 Å². The molecule has 0 spiro atoms. The van der Waals surface area contributed by atoms with Crippen molar-refractivity contribution in [1.82, 2.24) is 0 Å². The molecule has 0 aromatic heterocycles. The molecule has 0 aliphatic heterocycles. The Balaban J connectivity index is 2.18. The quantitative estimate of drug-likeness (QED) is 0.884. The lowest BCUT2D eigenvalue weighted by atomic mass is 10.1. The Kier molecular flexibility index (Phi) is 4.30. The fourth-order valence-electron chi connectivity index (χ4n) is 1.69. The first-order chi connectivity index (χ1) is 9.08. The number of benzene rings is 2. The first kappa shape index (κ1) is 13.7. The summed E-state index contributed by atoms with van der Waals surface area (Å²) in [4.78, 5) is 11.2. The molecular formula is C14H11Cl2NO2. The maximum absolute atomic E-state index is 11.2. The van der Waals surface area contributed by atoms with Gasteiger partial charge in [-0.05, 0) is 29.8 Å². The fourth-order valence-corrected chi connectivity index (χ4v) is 2.07. The Morgan fingerprint density at radius 2 is 1.79 bits per heavy atom. The number of halogens is 2. The van der Waals surface area contributed by atoms with E-state index in [2.05, 4.69) is 5.32 Å². The monoisotopic (exact) mass is 295 g/mol. The molecule has 2 aromatic rings. The second-order valence-corrected chi connectivity index (χ2v) is 4.79. The zero-order valence-electron chi connectivity index (χ0n) is 9.86. The average molecular weight is 296 g/mol. The van der Waals surface area contributed by atoms with Crippen molar-refractivity contribution in [1.29, 1.82) is 0 Å². The summed E-state index contributed by atoms with van der Waals surface area (Å²) in [5.41, 5.74) is 1.58. The van der Waals surface area contributed by atoms with Gasteiger partial charge in [-0.1, -0.05) is 41.4 Å². The molecule has 2 N–H and O–H groups in total. The molecule has 2 rings (SSSR count). The summed E-state index contributed by atoms with van der Waals surface area (Å²) >= 11 is 11.7. The Hall–Kier alpha value is -1.71. The van der Waals surface area contributed by atoms with Crippen LogP contribution in [0.25, 0.3) is 0 Å². The number of anilines is 1. The molecule has 0 fully saturated rings. The first-order valence-corrected chi connectivity index (χ1v) is 6.33.